The third kappa shape index (κ3) is 5.10. The van der Waals surface area contributed by atoms with Gasteiger partial charge in [-0.1, -0.05) is 24.3 Å². The number of H-pyrrole nitrogens is 1. The predicted octanol–water partition coefficient (Wildman–Crippen LogP) is 3.17. The number of nitrogens with zero attached hydrogens (tertiary/aromatic N) is 1. The topological polar surface area (TPSA) is 107 Å². The van der Waals surface area contributed by atoms with Crippen LogP contribution in [-0.2, 0) is 20.4 Å². The molecule has 0 saturated heterocycles. The van der Waals surface area contributed by atoms with Crippen LogP contribution in [0.25, 0.3) is 5.69 Å². The molecule has 0 radical (unpaired) electrons. The number of carbonyl (C=O) groups excluding carboxylic acids is 2. The fraction of sp³-hybridized carbons (Fsp3) is 0.300. The molecule has 0 aliphatic carbocycles. The zero-order valence-corrected chi connectivity index (χ0v) is 17.9. The monoisotopic (exact) mass is 474 g/mol. The van der Waals surface area contributed by atoms with Crippen LogP contribution in [0.1, 0.15) is 35.5 Å². The molecule has 0 bridgehead atoms. The predicted molar refractivity (Wildman–Crippen MR) is 108 cm³/mol. The second-order valence-corrected chi connectivity index (χ2v) is 7.43. The quantitative estimate of drug-likeness (QED) is 0.509. The van der Waals surface area contributed by atoms with Gasteiger partial charge in [0.15, 0.2) is 0 Å². The van der Waals surface area contributed by atoms with Crippen molar-refractivity contribution < 1.29 is 32.2 Å². The van der Waals surface area contributed by atoms with Crippen LogP contribution < -0.4 is 11.2 Å². The maximum Gasteiger partial charge on any atom is 0.431 e. The maximum atomic E-state index is 13.0. The number of hydrogen-bond donors (Lipinski definition) is 1. The Morgan fingerprint density at radius 1 is 1.25 bits per heavy atom. The molecule has 2 rings (SSSR count). The summed E-state index contributed by atoms with van der Waals surface area (Å²) in [6.45, 7) is 6.71. The van der Waals surface area contributed by atoms with E-state index in [-0.39, 0.29) is 22.9 Å². The Morgan fingerprint density at radius 2 is 1.88 bits per heavy atom. The summed E-state index contributed by atoms with van der Waals surface area (Å²) >= 11 is 6.01. The lowest BCUT2D eigenvalue weighted by Gasteiger charge is -2.23. The average Bonchev–Trinajstić information content (AvgIpc) is 2.68. The molecule has 1 heterocycles. The first-order valence-electron chi connectivity index (χ1n) is 8.95. The van der Waals surface area contributed by atoms with E-state index in [0.29, 0.717) is 4.57 Å². The lowest BCUT2D eigenvalue weighted by Crippen LogP contribution is -2.39. The van der Waals surface area contributed by atoms with Gasteiger partial charge in [0.05, 0.1) is 16.3 Å². The largest absolute Gasteiger partial charge is 0.459 e. The van der Waals surface area contributed by atoms with Crippen LogP contribution >= 0.6 is 11.6 Å². The lowest BCUT2D eigenvalue weighted by molar-refractivity contribution is -0.161. The average molecular weight is 475 g/mol. The van der Waals surface area contributed by atoms with Gasteiger partial charge in [0.25, 0.3) is 5.56 Å². The molecule has 1 aromatic carbocycles. The van der Waals surface area contributed by atoms with Crippen molar-refractivity contribution in [1.29, 1.82) is 0 Å². The number of esters is 2. The minimum Gasteiger partial charge on any atom is -0.459 e. The number of alkyl halides is 3. The van der Waals surface area contributed by atoms with Crippen LogP contribution in [0.15, 0.2) is 40.4 Å². The molecule has 12 heteroatoms. The molecule has 0 fully saturated rings. The fourth-order valence-corrected chi connectivity index (χ4v) is 2.78. The first-order chi connectivity index (χ1) is 14.7. The smallest absolute Gasteiger partial charge is 0.431 e. The standard InChI is InChI=1S/C20H18ClF3N2O6/c1-5-8-31-17(29)19(3,4)32-16(28)12-9-11(6-7-13(12)21)26-15(27)10(2)14(20(22,23)24)25-18(26)30/h5-7,9H,1,8H2,2-4H3,(H,25,30). The van der Waals surface area contributed by atoms with Crippen LogP contribution in [0.4, 0.5) is 13.2 Å². The molecule has 0 atom stereocenters. The molecule has 32 heavy (non-hydrogen) atoms. The highest BCUT2D eigenvalue weighted by molar-refractivity contribution is 6.33. The Hall–Kier alpha value is -3.34. The van der Waals surface area contributed by atoms with Crippen LogP contribution in [-0.4, -0.2) is 33.7 Å². The lowest BCUT2D eigenvalue weighted by atomic mass is 10.1. The fourth-order valence-electron chi connectivity index (χ4n) is 2.59. The second kappa shape index (κ2) is 9.03. The van der Waals surface area contributed by atoms with Crippen molar-refractivity contribution in [3.05, 3.63) is 73.5 Å². The molecular weight excluding hydrogens is 457 g/mol. The molecule has 0 aliphatic heterocycles. The first kappa shape index (κ1) is 24.9. The van der Waals surface area contributed by atoms with E-state index in [2.05, 4.69) is 6.58 Å². The van der Waals surface area contributed by atoms with Crippen LogP contribution in [0.2, 0.25) is 5.02 Å². The van der Waals surface area contributed by atoms with E-state index in [1.807, 2.05) is 0 Å². The molecule has 1 aromatic heterocycles. The second-order valence-electron chi connectivity index (χ2n) is 7.02. The zero-order valence-electron chi connectivity index (χ0n) is 17.1. The molecule has 172 valence electrons. The molecule has 8 nitrogen and oxygen atoms in total. The Labute approximate surface area is 184 Å². The van der Waals surface area contributed by atoms with Crippen LogP contribution in [0.5, 0.6) is 0 Å². The third-order valence-corrected chi connectivity index (χ3v) is 4.55. The van der Waals surface area contributed by atoms with Gasteiger partial charge in [-0.2, -0.15) is 13.2 Å². The van der Waals surface area contributed by atoms with E-state index < -0.39 is 46.2 Å². The Kier molecular flexibility index (Phi) is 7.03. The normalized spacial score (nSPS) is 11.7. The summed E-state index contributed by atoms with van der Waals surface area (Å²) in [5.41, 5.74) is -7.13. The number of aromatic nitrogens is 2. The summed E-state index contributed by atoms with van der Waals surface area (Å²) in [5, 5.41) is -0.151. The van der Waals surface area contributed by atoms with Gasteiger partial charge in [0, 0.05) is 5.56 Å². The Bertz CT molecular complexity index is 1200. The van der Waals surface area contributed by atoms with E-state index in [0.717, 1.165) is 25.1 Å². The highest BCUT2D eigenvalue weighted by Gasteiger charge is 2.36. The van der Waals surface area contributed by atoms with Gasteiger partial charge in [-0.15, -0.1) is 0 Å². The SMILES string of the molecule is C=CCOC(=O)C(C)(C)OC(=O)c1cc(-n2c(=O)[nH]c(C(F)(F)F)c(C)c2=O)ccc1Cl. The van der Waals surface area contributed by atoms with E-state index in [1.54, 1.807) is 4.98 Å². The van der Waals surface area contributed by atoms with Crippen molar-refractivity contribution in [3.8, 4) is 5.69 Å². The van der Waals surface area contributed by atoms with Gasteiger partial charge in [-0.3, -0.25) is 4.79 Å². The number of benzene rings is 1. The van der Waals surface area contributed by atoms with E-state index >= 15 is 0 Å². The summed E-state index contributed by atoms with van der Waals surface area (Å²) in [5.74, 6) is -1.96. The number of ether oxygens (including phenoxy) is 2. The van der Waals surface area contributed by atoms with Crippen molar-refractivity contribution in [2.45, 2.75) is 32.5 Å². The molecule has 1 N–H and O–H groups in total. The van der Waals surface area contributed by atoms with Gasteiger partial charge in [0.2, 0.25) is 5.60 Å². The van der Waals surface area contributed by atoms with E-state index in [9.17, 15) is 32.3 Å². The summed E-state index contributed by atoms with van der Waals surface area (Å²) in [7, 11) is 0. The van der Waals surface area contributed by atoms with Crippen molar-refractivity contribution in [2.75, 3.05) is 6.61 Å². The third-order valence-electron chi connectivity index (χ3n) is 4.22. The van der Waals surface area contributed by atoms with E-state index in [1.165, 1.54) is 19.9 Å². The Balaban J connectivity index is 2.51. The maximum absolute atomic E-state index is 13.0. The summed E-state index contributed by atoms with van der Waals surface area (Å²) in [4.78, 5) is 51.0. The van der Waals surface area contributed by atoms with Crippen molar-refractivity contribution >= 4 is 23.5 Å². The number of nitrogens with one attached hydrogen (secondary N) is 1. The molecule has 0 unspecified atom stereocenters. The molecule has 0 amide bonds. The summed E-state index contributed by atoms with van der Waals surface area (Å²) < 4.78 is 49.5. The zero-order chi connectivity index (χ0) is 24.4. The minimum atomic E-state index is -4.94. The van der Waals surface area contributed by atoms with Gasteiger partial charge >= 0.3 is 23.8 Å². The Morgan fingerprint density at radius 3 is 2.44 bits per heavy atom. The van der Waals surface area contributed by atoms with Gasteiger partial charge < -0.3 is 14.5 Å². The van der Waals surface area contributed by atoms with Gasteiger partial charge in [-0.25, -0.2) is 19.0 Å². The molecule has 0 aliphatic rings. The molecule has 0 spiro atoms. The summed E-state index contributed by atoms with van der Waals surface area (Å²) in [6.07, 6.45) is -3.63. The van der Waals surface area contributed by atoms with Crippen molar-refractivity contribution in [1.82, 2.24) is 9.55 Å². The minimum absolute atomic E-state index is 0.116. The molecule has 2 aromatic rings. The number of halogens is 4. The highest BCUT2D eigenvalue weighted by atomic mass is 35.5. The van der Waals surface area contributed by atoms with Crippen molar-refractivity contribution in [3.63, 3.8) is 0 Å². The van der Waals surface area contributed by atoms with Crippen molar-refractivity contribution in [2.24, 2.45) is 0 Å². The number of hydrogen-bond acceptors (Lipinski definition) is 6. The van der Waals surface area contributed by atoms with Gasteiger partial charge in [-0.05, 0) is 39.0 Å². The van der Waals surface area contributed by atoms with Gasteiger partial charge in [0.1, 0.15) is 12.3 Å². The number of rotatable bonds is 6. The first-order valence-corrected chi connectivity index (χ1v) is 9.33. The number of carbonyl (C=O) groups is 2. The van der Waals surface area contributed by atoms with Crippen LogP contribution in [0.3, 0.4) is 0 Å². The molecule has 0 saturated carbocycles. The number of aromatic amines is 1. The molecular formula is C20H18ClF3N2O6. The highest BCUT2D eigenvalue weighted by Crippen LogP contribution is 2.28. The van der Waals surface area contributed by atoms with E-state index in [4.69, 9.17) is 21.1 Å². The summed E-state index contributed by atoms with van der Waals surface area (Å²) in [6, 6.07) is 3.29. The van der Waals surface area contributed by atoms with Crippen LogP contribution in [0, 0.1) is 6.92 Å².